The van der Waals surface area contributed by atoms with Crippen molar-refractivity contribution in [3.63, 3.8) is 0 Å². The maximum atomic E-state index is 13.2. The van der Waals surface area contributed by atoms with E-state index in [-0.39, 0.29) is 16.3 Å². The van der Waals surface area contributed by atoms with Crippen molar-refractivity contribution in [3.05, 3.63) is 58.6 Å². The summed E-state index contributed by atoms with van der Waals surface area (Å²) in [5.74, 6) is -1.33. The van der Waals surface area contributed by atoms with E-state index in [9.17, 15) is 13.6 Å². The van der Waals surface area contributed by atoms with Crippen LogP contribution >= 0.6 is 11.6 Å². The van der Waals surface area contributed by atoms with Crippen molar-refractivity contribution in [1.82, 2.24) is 0 Å². The number of benzene rings is 2. The molecule has 0 aliphatic heterocycles. The summed E-state index contributed by atoms with van der Waals surface area (Å²) in [7, 11) is 0. The summed E-state index contributed by atoms with van der Waals surface area (Å²) >= 11 is 5.82. The lowest BCUT2D eigenvalue weighted by molar-refractivity contribution is 0.102. The van der Waals surface area contributed by atoms with E-state index in [1.54, 1.807) is 6.92 Å². The minimum atomic E-state index is -0.535. The number of carbonyl (C=O) groups excluding carboxylic acids is 1. The van der Waals surface area contributed by atoms with Gasteiger partial charge in [0.05, 0.1) is 22.9 Å². The molecule has 1 N–H and O–H groups in total. The third-order valence-electron chi connectivity index (χ3n) is 2.67. The smallest absolute Gasteiger partial charge is 0.257 e. The van der Waals surface area contributed by atoms with Crippen LogP contribution in [-0.2, 0) is 0 Å². The molecule has 1 amide bonds. The first-order valence-corrected chi connectivity index (χ1v) is 6.58. The lowest BCUT2D eigenvalue weighted by Crippen LogP contribution is -2.13. The quantitative estimate of drug-likeness (QED) is 0.915. The molecule has 0 unspecified atom stereocenters. The lowest BCUT2D eigenvalue weighted by Gasteiger charge is -2.12. The van der Waals surface area contributed by atoms with E-state index in [2.05, 4.69) is 5.32 Å². The summed E-state index contributed by atoms with van der Waals surface area (Å²) in [6.07, 6.45) is 0. The monoisotopic (exact) mass is 311 g/mol. The standard InChI is InChI=1S/C15H12ClF2NO2/c1-2-21-14-8-10(18)4-6-13(14)19-15(20)11-5-3-9(17)7-12(11)16/h3-8H,2H2,1H3,(H,19,20). The molecule has 0 fully saturated rings. The Labute approximate surface area is 125 Å². The van der Waals surface area contributed by atoms with E-state index in [4.69, 9.17) is 16.3 Å². The Bertz CT molecular complexity index is 677. The molecule has 0 heterocycles. The topological polar surface area (TPSA) is 38.3 Å². The predicted molar refractivity (Wildman–Crippen MR) is 76.9 cm³/mol. The Morgan fingerprint density at radius 3 is 2.52 bits per heavy atom. The molecule has 110 valence electrons. The van der Waals surface area contributed by atoms with Crippen LogP contribution in [0.4, 0.5) is 14.5 Å². The van der Waals surface area contributed by atoms with Crippen LogP contribution in [0.15, 0.2) is 36.4 Å². The SMILES string of the molecule is CCOc1cc(F)ccc1NC(=O)c1ccc(F)cc1Cl. The summed E-state index contributed by atoms with van der Waals surface area (Å²) < 4.78 is 31.4. The van der Waals surface area contributed by atoms with Crippen LogP contribution in [0.25, 0.3) is 0 Å². The molecule has 0 aromatic heterocycles. The molecule has 0 spiro atoms. The van der Waals surface area contributed by atoms with Gasteiger partial charge in [-0.15, -0.1) is 0 Å². The first kappa shape index (κ1) is 15.3. The molecule has 0 atom stereocenters. The zero-order valence-electron chi connectivity index (χ0n) is 11.1. The molecule has 6 heteroatoms. The molecule has 0 radical (unpaired) electrons. The first-order chi connectivity index (χ1) is 10.0. The van der Waals surface area contributed by atoms with Gasteiger partial charge < -0.3 is 10.1 Å². The summed E-state index contributed by atoms with van der Waals surface area (Å²) in [5, 5.41) is 2.55. The molecule has 2 aromatic rings. The number of carbonyl (C=O) groups is 1. The Morgan fingerprint density at radius 1 is 1.19 bits per heavy atom. The van der Waals surface area contributed by atoms with E-state index in [1.807, 2.05) is 0 Å². The normalized spacial score (nSPS) is 10.3. The van der Waals surface area contributed by atoms with Crippen molar-refractivity contribution in [2.24, 2.45) is 0 Å². The van der Waals surface area contributed by atoms with E-state index >= 15 is 0 Å². The highest BCUT2D eigenvalue weighted by atomic mass is 35.5. The van der Waals surface area contributed by atoms with Crippen LogP contribution in [0, 0.1) is 11.6 Å². The van der Waals surface area contributed by atoms with E-state index in [0.717, 1.165) is 12.1 Å². The zero-order valence-corrected chi connectivity index (χ0v) is 11.9. The third-order valence-corrected chi connectivity index (χ3v) is 2.98. The highest BCUT2D eigenvalue weighted by Gasteiger charge is 2.14. The number of nitrogens with one attached hydrogen (secondary N) is 1. The van der Waals surface area contributed by atoms with E-state index in [0.29, 0.717) is 12.3 Å². The summed E-state index contributed by atoms with van der Waals surface area (Å²) in [6.45, 7) is 2.07. The fraction of sp³-hybridized carbons (Fsp3) is 0.133. The van der Waals surface area contributed by atoms with E-state index < -0.39 is 17.5 Å². The van der Waals surface area contributed by atoms with Crippen LogP contribution < -0.4 is 10.1 Å². The molecular formula is C15H12ClF2NO2. The minimum Gasteiger partial charge on any atom is -0.492 e. The number of hydrogen-bond donors (Lipinski definition) is 1. The fourth-order valence-corrected chi connectivity index (χ4v) is 1.99. The zero-order chi connectivity index (χ0) is 15.4. The molecule has 2 aromatic carbocycles. The van der Waals surface area contributed by atoms with Gasteiger partial charge in [-0.05, 0) is 37.3 Å². The second-order valence-electron chi connectivity index (χ2n) is 4.15. The Kier molecular flexibility index (Phi) is 4.75. The average molecular weight is 312 g/mol. The third kappa shape index (κ3) is 3.70. The van der Waals surface area contributed by atoms with Gasteiger partial charge in [0.1, 0.15) is 17.4 Å². The van der Waals surface area contributed by atoms with Crippen LogP contribution in [0.5, 0.6) is 5.75 Å². The Balaban J connectivity index is 2.27. The van der Waals surface area contributed by atoms with Gasteiger partial charge in [0.2, 0.25) is 0 Å². The van der Waals surface area contributed by atoms with Crippen molar-refractivity contribution in [2.45, 2.75) is 6.92 Å². The van der Waals surface area contributed by atoms with Crippen molar-refractivity contribution in [2.75, 3.05) is 11.9 Å². The Morgan fingerprint density at radius 2 is 1.86 bits per heavy atom. The van der Waals surface area contributed by atoms with Crippen molar-refractivity contribution in [1.29, 1.82) is 0 Å². The number of rotatable bonds is 4. The summed E-state index contributed by atoms with van der Waals surface area (Å²) in [4.78, 5) is 12.1. The minimum absolute atomic E-state index is 0.00688. The number of hydrogen-bond acceptors (Lipinski definition) is 2. The van der Waals surface area contributed by atoms with Crippen LogP contribution in [0.1, 0.15) is 17.3 Å². The van der Waals surface area contributed by atoms with Gasteiger partial charge in [-0.1, -0.05) is 11.6 Å². The van der Waals surface area contributed by atoms with Crippen LogP contribution in [0.3, 0.4) is 0 Å². The van der Waals surface area contributed by atoms with E-state index in [1.165, 1.54) is 24.3 Å². The highest BCUT2D eigenvalue weighted by Crippen LogP contribution is 2.27. The second kappa shape index (κ2) is 6.54. The van der Waals surface area contributed by atoms with Crippen LogP contribution in [0.2, 0.25) is 5.02 Å². The van der Waals surface area contributed by atoms with Gasteiger partial charge >= 0.3 is 0 Å². The van der Waals surface area contributed by atoms with Gasteiger partial charge in [-0.3, -0.25) is 4.79 Å². The highest BCUT2D eigenvalue weighted by molar-refractivity contribution is 6.34. The molecule has 21 heavy (non-hydrogen) atoms. The molecule has 0 saturated heterocycles. The van der Waals surface area contributed by atoms with Crippen molar-refractivity contribution >= 4 is 23.2 Å². The number of halogens is 3. The number of amides is 1. The Hall–Kier alpha value is -2.14. The van der Waals surface area contributed by atoms with Crippen molar-refractivity contribution < 1.29 is 18.3 Å². The van der Waals surface area contributed by atoms with Gasteiger partial charge in [-0.25, -0.2) is 8.78 Å². The molecule has 0 saturated carbocycles. The molecular weight excluding hydrogens is 300 g/mol. The maximum Gasteiger partial charge on any atom is 0.257 e. The average Bonchev–Trinajstić information content (AvgIpc) is 2.42. The van der Waals surface area contributed by atoms with Gasteiger partial charge in [0.25, 0.3) is 5.91 Å². The van der Waals surface area contributed by atoms with Gasteiger partial charge in [-0.2, -0.15) is 0 Å². The van der Waals surface area contributed by atoms with Gasteiger partial charge in [0.15, 0.2) is 0 Å². The van der Waals surface area contributed by atoms with Gasteiger partial charge in [0, 0.05) is 6.07 Å². The fourth-order valence-electron chi connectivity index (χ4n) is 1.74. The molecule has 0 aliphatic carbocycles. The summed E-state index contributed by atoms with van der Waals surface area (Å²) in [5.41, 5.74) is 0.425. The largest absolute Gasteiger partial charge is 0.492 e. The molecule has 0 aliphatic rings. The van der Waals surface area contributed by atoms with Crippen molar-refractivity contribution in [3.8, 4) is 5.75 Å². The lowest BCUT2D eigenvalue weighted by atomic mass is 10.2. The molecule has 3 nitrogen and oxygen atoms in total. The second-order valence-corrected chi connectivity index (χ2v) is 4.56. The predicted octanol–water partition coefficient (Wildman–Crippen LogP) is 4.27. The molecule has 2 rings (SSSR count). The summed E-state index contributed by atoms with van der Waals surface area (Å²) in [6, 6.07) is 7.21. The number of anilines is 1. The maximum absolute atomic E-state index is 13.2. The number of ether oxygens (including phenoxy) is 1. The van der Waals surface area contributed by atoms with Crippen LogP contribution in [-0.4, -0.2) is 12.5 Å². The molecule has 0 bridgehead atoms. The first-order valence-electron chi connectivity index (χ1n) is 6.20.